The second-order valence-corrected chi connectivity index (χ2v) is 6.97. The SMILES string of the molecule is CCN(CC(=O)Nc1ccc(NC(C)=O)cc1)C(C)c1ncc(-c2ccccc2)o1. The first kappa shape index (κ1) is 21.3. The van der Waals surface area contributed by atoms with Gasteiger partial charge in [0.2, 0.25) is 17.7 Å². The Balaban J connectivity index is 1.61. The molecule has 0 spiro atoms. The number of anilines is 2. The molecule has 7 nitrogen and oxygen atoms in total. The minimum absolute atomic E-state index is 0.134. The molecule has 0 bridgehead atoms. The molecule has 7 heteroatoms. The smallest absolute Gasteiger partial charge is 0.238 e. The van der Waals surface area contributed by atoms with Gasteiger partial charge in [0.15, 0.2) is 5.76 Å². The maximum absolute atomic E-state index is 12.5. The van der Waals surface area contributed by atoms with E-state index in [1.165, 1.54) is 6.92 Å². The highest BCUT2D eigenvalue weighted by molar-refractivity contribution is 5.93. The number of hydrogen-bond acceptors (Lipinski definition) is 5. The van der Waals surface area contributed by atoms with Gasteiger partial charge in [0.05, 0.1) is 18.8 Å². The Labute approximate surface area is 176 Å². The monoisotopic (exact) mass is 406 g/mol. The van der Waals surface area contributed by atoms with Crippen molar-refractivity contribution in [1.82, 2.24) is 9.88 Å². The lowest BCUT2D eigenvalue weighted by Crippen LogP contribution is -2.35. The van der Waals surface area contributed by atoms with Crippen molar-refractivity contribution in [2.45, 2.75) is 26.8 Å². The fourth-order valence-corrected chi connectivity index (χ4v) is 3.12. The van der Waals surface area contributed by atoms with Crippen molar-refractivity contribution in [3.63, 3.8) is 0 Å². The average Bonchev–Trinajstić information content (AvgIpc) is 3.23. The van der Waals surface area contributed by atoms with E-state index in [4.69, 9.17) is 4.42 Å². The molecular formula is C23H26N4O3. The third-order valence-corrected chi connectivity index (χ3v) is 4.73. The van der Waals surface area contributed by atoms with Gasteiger partial charge in [-0.05, 0) is 37.7 Å². The first-order valence-electron chi connectivity index (χ1n) is 9.89. The number of nitrogens with one attached hydrogen (secondary N) is 2. The van der Waals surface area contributed by atoms with Crippen molar-refractivity contribution in [3.05, 3.63) is 66.7 Å². The predicted octanol–water partition coefficient (Wildman–Crippen LogP) is 4.32. The second kappa shape index (κ2) is 9.84. The van der Waals surface area contributed by atoms with Gasteiger partial charge in [-0.15, -0.1) is 0 Å². The van der Waals surface area contributed by atoms with Crippen LogP contribution in [0.1, 0.15) is 32.7 Å². The summed E-state index contributed by atoms with van der Waals surface area (Å²) in [5, 5.41) is 5.58. The van der Waals surface area contributed by atoms with Crippen LogP contribution in [0, 0.1) is 0 Å². The Morgan fingerprint density at radius 3 is 2.27 bits per heavy atom. The number of amides is 2. The Morgan fingerprint density at radius 2 is 1.67 bits per heavy atom. The number of hydrogen-bond donors (Lipinski definition) is 2. The van der Waals surface area contributed by atoms with E-state index in [2.05, 4.69) is 15.6 Å². The van der Waals surface area contributed by atoms with Gasteiger partial charge in [-0.2, -0.15) is 0 Å². The van der Waals surface area contributed by atoms with Gasteiger partial charge >= 0.3 is 0 Å². The van der Waals surface area contributed by atoms with E-state index in [0.717, 1.165) is 5.56 Å². The van der Waals surface area contributed by atoms with Gasteiger partial charge in [0, 0.05) is 23.9 Å². The maximum atomic E-state index is 12.5. The first-order valence-corrected chi connectivity index (χ1v) is 9.89. The van der Waals surface area contributed by atoms with Crippen LogP contribution in [-0.2, 0) is 9.59 Å². The van der Waals surface area contributed by atoms with E-state index in [-0.39, 0.29) is 24.4 Å². The number of nitrogens with zero attached hydrogens (tertiary/aromatic N) is 2. The molecule has 1 heterocycles. The zero-order chi connectivity index (χ0) is 21.5. The Kier molecular flexibility index (Phi) is 6.98. The van der Waals surface area contributed by atoms with Crippen LogP contribution in [0.2, 0.25) is 0 Å². The summed E-state index contributed by atoms with van der Waals surface area (Å²) in [5.41, 5.74) is 2.31. The summed E-state index contributed by atoms with van der Waals surface area (Å²) in [6.45, 7) is 6.28. The molecule has 2 aromatic carbocycles. The second-order valence-electron chi connectivity index (χ2n) is 6.97. The van der Waals surface area contributed by atoms with Gasteiger partial charge in [-0.25, -0.2) is 4.98 Å². The summed E-state index contributed by atoms with van der Waals surface area (Å²) >= 11 is 0. The molecule has 0 fully saturated rings. The molecule has 0 radical (unpaired) electrons. The largest absolute Gasteiger partial charge is 0.439 e. The van der Waals surface area contributed by atoms with Crippen LogP contribution in [-0.4, -0.2) is 34.8 Å². The Bertz CT molecular complexity index is 983. The van der Waals surface area contributed by atoms with Gasteiger partial charge in [-0.1, -0.05) is 37.3 Å². The molecule has 1 unspecified atom stereocenters. The summed E-state index contributed by atoms with van der Waals surface area (Å²) in [6, 6.07) is 16.6. The number of oxazole rings is 1. The van der Waals surface area contributed by atoms with Crippen LogP contribution in [0.15, 0.2) is 65.2 Å². The topological polar surface area (TPSA) is 87.5 Å². The number of carbonyl (C=O) groups excluding carboxylic acids is 2. The molecule has 30 heavy (non-hydrogen) atoms. The van der Waals surface area contributed by atoms with Crippen LogP contribution in [0.4, 0.5) is 11.4 Å². The highest BCUT2D eigenvalue weighted by Crippen LogP contribution is 2.25. The van der Waals surface area contributed by atoms with E-state index in [9.17, 15) is 9.59 Å². The molecule has 0 aliphatic rings. The molecule has 1 aromatic heterocycles. The molecule has 0 saturated carbocycles. The van der Waals surface area contributed by atoms with Crippen LogP contribution < -0.4 is 10.6 Å². The van der Waals surface area contributed by atoms with Gasteiger partial charge in [0.1, 0.15) is 0 Å². The molecule has 0 aliphatic heterocycles. The van der Waals surface area contributed by atoms with Crippen molar-refractivity contribution in [1.29, 1.82) is 0 Å². The lowest BCUT2D eigenvalue weighted by Gasteiger charge is -2.24. The minimum Gasteiger partial charge on any atom is -0.439 e. The fraction of sp³-hybridized carbons (Fsp3) is 0.261. The number of rotatable bonds is 8. The molecule has 0 saturated heterocycles. The van der Waals surface area contributed by atoms with Gasteiger partial charge in [0.25, 0.3) is 0 Å². The fourth-order valence-electron chi connectivity index (χ4n) is 3.12. The normalized spacial score (nSPS) is 11.9. The van der Waals surface area contributed by atoms with Crippen LogP contribution in [0.3, 0.4) is 0 Å². The minimum atomic E-state index is -0.152. The molecule has 1 atom stereocenters. The first-order chi connectivity index (χ1) is 14.5. The molecule has 3 rings (SSSR count). The van der Waals surface area contributed by atoms with Crippen LogP contribution in [0.5, 0.6) is 0 Å². The van der Waals surface area contributed by atoms with Crippen LogP contribution in [0.25, 0.3) is 11.3 Å². The van der Waals surface area contributed by atoms with E-state index >= 15 is 0 Å². The Morgan fingerprint density at radius 1 is 1.03 bits per heavy atom. The predicted molar refractivity (Wildman–Crippen MR) is 117 cm³/mol. The molecule has 2 N–H and O–H groups in total. The van der Waals surface area contributed by atoms with E-state index in [0.29, 0.717) is 29.6 Å². The quantitative estimate of drug-likeness (QED) is 0.582. The lowest BCUT2D eigenvalue weighted by molar-refractivity contribution is -0.118. The summed E-state index contributed by atoms with van der Waals surface area (Å²) in [7, 11) is 0. The van der Waals surface area contributed by atoms with Gasteiger partial charge in [-0.3, -0.25) is 14.5 Å². The third-order valence-electron chi connectivity index (χ3n) is 4.73. The number of benzene rings is 2. The zero-order valence-corrected chi connectivity index (χ0v) is 17.4. The van der Waals surface area contributed by atoms with E-state index < -0.39 is 0 Å². The average molecular weight is 406 g/mol. The summed E-state index contributed by atoms with van der Waals surface area (Å²) in [4.78, 5) is 30.0. The number of likely N-dealkylation sites (N-methyl/N-ethyl adjacent to an activating group) is 1. The van der Waals surface area contributed by atoms with Crippen molar-refractivity contribution < 1.29 is 14.0 Å². The zero-order valence-electron chi connectivity index (χ0n) is 17.4. The summed E-state index contributed by atoms with van der Waals surface area (Å²) < 4.78 is 5.94. The Hall–Kier alpha value is -3.45. The number of aromatic nitrogens is 1. The highest BCUT2D eigenvalue weighted by Gasteiger charge is 2.22. The molecule has 3 aromatic rings. The molecular weight excluding hydrogens is 380 g/mol. The molecule has 2 amide bonds. The molecule has 0 aliphatic carbocycles. The van der Waals surface area contributed by atoms with Gasteiger partial charge < -0.3 is 15.1 Å². The summed E-state index contributed by atoms with van der Waals surface area (Å²) in [5.74, 6) is 1.01. The van der Waals surface area contributed by atoms with Crippen LogP contribution >= 0.6 is 0 Å². The van der Waals surface area contributed by atoms with Crippen molar-refractivity contribution in [2.75, 3.05) is 23.7 Å². The van der Waals surface area contributed by atoms with E-state index in [1.54, 1.807) is 30.5 Å². The van der Waals surface area contributed by atoms with Crippen molar-refractivity contribution >= 4 is 23.2 Å². The van der Waals surface area contributed by atoms with E-state index in [1.807, 2.05) is 49.1 Å². The molecule has 156 valence electrons. The highest BCUT2D eigenvalue weighted by atomic mass is 16.4. The summed E-state index contributed by atoms with van der Waals surface area (Å²) in [6.07, 6.45) is 1.71. The maximum Gasteiger partial charge on any atom is 0.238 e. The van der Waals surface area contributed by atoms with Crippen molar-refractivity contribution in [3.8, 4) is 11.3 Å². The number of carbonyl (C=O) groups is 2. The lowest BCUT2D eigenvalue weighted by atomic mass is 10.2. The third kappa shape index (κ3) is 5.55. The standard InChI is InChI=1S/C23H26N4O3/c1-4-27(15-22(29)26-20-12-10-19(11-13-20)25-17(3)28)16(2)23-24-14-21(30-23)18-8-6-5-7-9-18/h5-14,16H,4,15H2,1-3H3,(H,25,28)(H,26,29). The van der Waals surface area contributed by atoms with Crippen molar-refractivity contribution in [2.24, 2.45) is 0 Å².